The second-order valence-electron chi connectivity index (χ2n) is 6.04. The zero-order valence-electron chi connectivity index (χ0n) is 15.1. The third-order valence-electron chi connectivity index (χ3n) is 4.19. The van der Waals surface area contributed by atoms with Gasteiger partial charge in [-0.3, -0.25) is 10.1 Å². The molecule has 0 atom stereocenters. The van der Waals surface area contributed by atoms with E-state index in [9.17, 15) is 18.5 Å². The van der Waals surface area contributed by atoms with Gasteiger partial charge in [-0.25, -0.2) is 8.42 Å². The zero-order chi connectivity index (χ0) is 20.0. The first kappa shape index (κ1) is 20.1. The topological polar surface area (TPSA) is 111 Å². The summed E-state index contributed by atoms with van der Waals surface area (Å²) in [6, 6.07) is 13.0. The van der Waals surface area contributed by atoms with Crippen molar-refractivity contribution in [3.63, 3.8) is 0 Å². The lowest BCUT2D eigenvalue weighted by Crippen LogP contribution is -2.40. The van der Waals surface area contributed by atoms with Gasteiger partial charge in [0, 0.05) is 31.8 Å². The number of sulfonamides is 1. The number of rotatable bonds is 8. The van der Waals surface area contributed by atoms with Gasteiger partial charge in [0.25, 0.3) is 5.69 Å². The van der Waals surface area contributed by atoms with E-state index in [0.717, 1.165) is 6.07 Å². The summed E-state index contributed by atoms with van der Waals surface area (Å²) in [7, 11) is -3.89. The highest BCUT2D eigenvalue weighted by Gasteiger charge is 2.30. The minimum Gasteiger partial charge on any atom is -0.492 e. The standard InChI is InChI=1S/C18H21N3O6S/c22-21(23)15-6-7-17(19-8-11-27-16-4-2-1-3-5-16)18(14-15)28(24,25)20-9-12-26-13-10-20/h1-7,14,19H,8-13H2. The molecule has 0 spiro atoms. The van der Waals surface area contributed by atoms with Crippen LogP contribution in [0.5, 0.6) is 5.75 Å². The normalized spacial score (nSPS) is 15.1. The maximum absolute atomic E-state index is 13.0. The third kappa shape index (κ3) is 4.77. The van der Waals surface area contributed by atoms with Crippen LogP contribution in [0.15, 0.2) is 53.4 Å². The fourth-order valence-electron chi connectivity index (χ4n) is 2.78. The average Bonchev–Trinajstić information content (AvgIpc) is 2.72. The van der Waals surface area contributed by atoms with E-state index in [1.807, 2.05) is 30.3 Å². The van der Waals surface area contributed by atoms with Gasteiger partial charge in [-0.15, -0.1) is 0 Å². The van der Waals surface area contributed by atoms with Crippen molar-refractivity contribution in [2.45, 2.75) is 4.90 Å². The summed E-state index contributed by atoms with van der Waals surface area (Å²) >= 11 is 0. The maximum Gasteiger partial charge on any atom is 0.270 e. The summed E-state index contributed by atoms with van der Waals surface area (Å²) in [5.74, 6) is 0.703. The first-order valence-corrected chi connectivity index (χ1v) is 10.2. The lowest BCUT2D eigenvalue weighted by Gasteiger charge is -2.27. The number of benzene rings is 2. The second kappa shape index (κ2) is 9.00. The molecule has 0 bridgehead atoms. The molecular weight excluding hydrogens is 386 g/mol. The van der Waals surface area contributed by atoms with Crippen LogP contribution in [-0.2, 0) is 14.8 Å². The van der Waals surface area contributed by atoms with E-state index in [2.05, 4.69) is 5.32 Å². The van der Waals surface area contributed by atoms with Gasteiger partial charge in [-0.1, -0.05) is 18.2 Å². The van der Waals surface area contributed by atoms with Gasteiger partial charge >= 0.3 is 0 Å². The minimum atomic E-state index is -3.89. The Labute approximate surface area is 163 Å². The Hall–Kier alpha value is -2.69. The van der Waals surface area contributed by atoms with Crippen LogP contribution in [0.1, 0.15) is 0 Å². The Morgan fingerprint density at radius 1 is 1.14 bits per heavy atom. The molecule has 9 nitrogen and oxygen atoms in total. The Balaban J connectivity index is 1.77. The molecule has 0 unspecified atom stereocenters. The number of morpholine rings is 1. The molecule has 28 heavy (non-hydrogen) atoms. The molecule has 1 aliphatic heterocycles. The van der Waals surface area contributed by atoms with Crippen LogP contribution < -0.4 is 10.1 Å². The number of non-ortho nitro benzene ring substituents is 1. The molecule has 1 saturated heterocycles. The number of anilines is 1. The number of nitro benzene ring substituents is 1. The molecule has 3 rings (SSSR count). The van der Waals surface area contributed by atoms with Crippen LogP contribution in [0.4, 0.5) is 11.4 Å². The van der Waals surface area contributed by atoms with Gasteiger partial charge in [0.05, 0.1) is 23.8 Å². The first-order chi connectivity index (χ1) is 13.5. The molecule has 0 amide bonds. The Kier molecular flexibility index (Phi) is 6.45. The summed E-state index contributed by atoms with van der Waals surface area (Å²) in [4.78, 5) is 10.4. The molecular formula is C18H21N3O6S. The van der Waals surface area contributed by atoms with Crippen LogP contribution in [0.2, 0.25) is 0 Å². The van der Waals surface area contributed by atoms with Crippen molar-refractivity contribution >= 4 is 21.4 Å². The monoisotopic (exact) mass is 407 g/mol. The van der Waals surface area contributed by atoms with E-state index >= 15 is 0 Å². The number of nitrogens with one attached hydrogen (secondary N) is 1. The van der Waals surface area contributed by atoms with Crippen LogP contribution in [0, 0.1) is 10.1 Å². The van der Waals surface area contributed by atoms with Gasteiger partial charge in [-0.05, 0) is 18.2 Å². The highest BCUT2D eigenvalue weighted by atomic mass is 32.2. The van der Waals surface area contributed by atoms with Crippen molar-refractivity contribution in [1.82, 2.24) is 4.31 Å². The third-order valence-corrected chi connectivity index (χ3v) is 6.13. The zero-order valence-corrected chi connectivity index (χ0v) is 15.9. The molecule has 1 heterocycles. The molecule has 0 aliphatic carbocycles. The molecule has 10 heteroatoms. The fourth-order valence-corrected chi connectivity index (χ4v) is 4.38. The molecule has 1 aliphatic rings. The number of nitro groups is 1. The Bertz CT molecular complexity index is 914. The summed E-state index contributed by atoms with van der Waals surface area (Å²) in [6.45, 7) is 1.64. The predicted octanol–water partition coefficient (Wildman–Crippen LogP) is 2.11. The summed E-state index contributed by atoms with van der Waals surface area (Å²) in [5.41, 5.74) is 0.0201. The summed E-state index contributed by atoms with van der Waals surface area (Å²) in [6.07, 6.45) is 0. The largest absolute Gasteiger partial charge is 0.492 e. The molecule has 2 aromatic carbocycles. The van der Waals surface area contributed by atoms with Crippen LogP contribution in [0.3, 0.4) is 0 Å². The Morgan fingerprint density at radius 2 is 1.86 bits per heavy atom. The van der Waals surface area contributed by atoms with Crippen molar-refractivity contribution < 1.29 is 22.8 Å². The maximum atomic E-state index is 13.0. The number of hydrogen-bond acceptors (Lipinski definition) is 7. The number of nitrogens with zero attached hydrogens (tertiary/aromatic N) is 2. The fraction of sp³-hybridized carbons (Fsp3) is 0.333. The molecule has 1 fully saturated rings. The van der Waals surface area contributed by atoms with Gasteiger partial charge in [0.1, 0.15) is 17.3 Å². The number of ether oxygens (including phenoxy) is 2. The quantitative estimate of drug-likeness (QED) is 0.405. The van der Waals surface area contributed by atoms with Crippen LogP contribution in [0.25, 0.3) is 0 Å². The van der Waals surface area contributed by atoms with Gasteiger partial charge in [0.2, 0.25) is 10.0 Å². The van der Waals surface area contributed by atoms with Crippen molar-refractivity contribution in [2.24, 2.45) is 0 Å². The van der Waals surface area contributed by atoms with E-state index in [4.69, 9.17) is 9.47 Å². The lowest BCUT2D eigenvalue weighted by molar-refractivity contribution is -0.385. The van der Waals surface area contributed by atoms with Crippen molar-refractivity contribution in [2.75, 3.05) is 44.8 Å². The first-order valence-electron chi connectivity index (χ1n) is 8.76. The van der Waals surface area contributed by atoms with E-state index in [0.29, 0.717) is 37.8 Å². The highest BCUT2D eigenvalue weighted by molar-refractivity contribution is 7.89. The van der Waals surface area contributed by atoms with Crippen molar-refractivity contribution in [1.29, 1.82) is 0 Å². The molecule has 1 N–H and O–H groups in total. The second-order valence-corrected chi connectivity index (χ2v) is 7.95. The van der Waals surface area contributed by atoms with Gasteiger partial charge < -0.3 is 14.8 Å². The van der Waals surface area contributed by atoms with E-state index in [1.165, 1.54) is 16.4 Å². The van der Waals surface area contributed by atoms with Gasteiger partial charge in [0.15, 0.2) is 0 Å². The van der Waals surface area contributed by atoms with Crippen LogP contribution in [-0.4, -0.2) is 57.1 Å². The molecule has 150 valence electrons. The lowest BCUT2D eigenvalue weighted by atomic mass is 10.3. The highest BCUT2D eigenvalue weighted by Crippen LogP contribution is 2.29. The van der Waals surface area contributed by atoms with Crippen LogP contribution >= 0.6 is 0 Å². The number of hydrogen-bond donors (Lipinski definition) is 1. The van der Waals surface area contributed by atoms with E-state index in [1.54, 1.807) is 0 Å². The van der Waals surface area contributed by atoms with Crippen molar-refractivity contribution in [3.05, 3.63) is 58.6 Å². The molecule has 0 saturated carbocycles. The Morgan fingerprint density at radius 3 is 2.54 bits per heavy atom. The minimum absolute atomic E-state index is 0.122. The molecule has 0 aromatic heterocycles. The average molecular weight is 407 g/mol. The van der Waals surface area contributed by atoms with Crippen molar-refractivity contribution in [3.8, 4) is 5.75 Å². The van der Waals surface area contributed by atoms with E-state index in [-0.39, 0.29) is 23.7 Å². The SMILES string of the molecule is O=[N+]([O-])c1ccc(NCCOc2ccccc2)c(S(=O)(=O)N2CCOCC2)c1. The predicted molar refractivity (Wildman–Crippen MR) is 103 cm³/mol. The summed E-state index contributed by atoms with van der Waals surface area (Å²) in [5, 5.41) is 14.1. The smallest absolute Gasteiger partial charge is 0.270 e. The van der Waals surface area contributed by atoms with E-state index < -0.39 is 14.9 Å². The summed E-state index contributed by atoms with van der Waals surface area (Å²) < 4.78 is 38.1. The number of para-hydroxylation sites is 1. The van der Waals surface area contributed by atoms with Gasteiger partial charge in [-0.2, -0.15) is 4.31 Å². The molecule has 0 radical (unpaired) electrons. The molecule has 2 aromatic rings.